The molecule has 1 N–H and O–H groups in total. The number of halogens is 1. The third-order valence-corrected chi connectivity index (χ3v) is 2.97. The van der Waals surface area contributed by atoms with Crippen molar-refractivity contribution in [2.45, 2.75) is 27.2 Å². The number of alkyl halides is 1. The molecule has 3 nitrogen and oxygen atoms in total. The van der Waals surface area contributed by atoms with E-state index in [1.54, 1.807) is 7.11 Å². The number of carbonyl (C=O) groups excluding carboxylic acids is 1. The molecule has 0 unspecified atom stereocenters. The Labute approximate surface area is 107 Å². The van der Waals surface area contributed by atoms with Crippen molar-refractivity contribution in [3.63, 3.8) is 0 Å². The first-order valence-corrected chi connectivity index (χ1v) is 6.05. The topological polar surface area (TPSA) is 38.3 Å². The van der Waals surface area contributed by atoms with Gasteiger partial charge >= 0.3 is 0 Å². The summed E-state index contributed by atoms with van der Waals surface area (Å²) in [7, 11) is 1.61. The summed E-state index contributed by atoms with van der Waals surface area (Å²) in [5.74, 6) is 0.952. The van der Waals surface area contributed by atoms with E-state index in [1.165, 1.54) is 0 Å². The van der Waals surface area contributed by atoms with Gasteiger partial charge in [-0.3, -0.25) is 4.79 Å². The highest BCUT2D eigenvalue weighted by Crippen LogP contribution is 2.34. The van der Waals surface area contributed by atoms with Gasteiger partial charge in [-0.15, -0.1) is 11.6 Å². The Hall–Kier alpha value is -1.22. The quantitative estimate of drug-likeness (QED) is 0.840. The van der Waals surface area contributed by atoms with Crippen molar-refractivity contribution in [2.24, 2.45) is 0 Å². The van der Waals surface area contributed by atoms with E-state index in [4.69, 9.17) is 16.3 Å². The molecule has 0 bridgehead atoms. The fraction of sp³-hybridized carbons (Fsp3) is 0.462. The van der Waals surface area contributed by atoms with E-state index >= 15 is 0 Å². The molecular formula is C13H18ClNO2. The fourth-order valence-electron chi connectivity index (χ4n) is 1.75. The number of ether oxygens (including phenoxy) is 1. The number of hydrogen-bond acceptors (Lipinski definition) is 2. The Kier molecular flexibility index (Phi) is 4.82. The molecule has 0 spiro atoms. The summed E-state index contributed by atoms with van der Waals surface area (Å²) in [6.07, 6.45) is 0.303. The number of hydrogen-bond donors (Lipinski definition) is 1. The first-order chi connectivity index (χ1) is 8.01. The molecule has 0 aromatic heterocycles. The SMILES string of the molecule is COc1c(C)c(C)cc(C)c1NC(=O)CCCl. The number of rotatable bonds is 4. The molecular weight excluding hydrogens is 238 g/mol. The summed E-state index contributed by atoms with van der Waals surface area (Å²) in [5.41, 5.74) is 3.92. The van der Waals surface area contributed by atoms with Crippen LogP contribution in [0.25, 0.3) is 0 Å². The number of aryl methyl sites for hydroxylation is 2. The Bertz CT molecular complexity index is 430. The van der Waals surface area contributed by atoms with Crippen LogP contribution in [0.1, 0.15) is 23.1 Å². The Morgan fingerprint density at radius 2 is 2.00 bits per heavy atom. The Balaban J connectivity index is 3.14. The summed E-state index contributed by atoms with van der Waals surface area (Å²) in [6.45, 7) is 5.95. The highest BCUT2D eigenvalue weighted by molar-refractivity contribution is 6.19. The van der Waals surface area contributed by atoms with E-state index in [0.717, 1.165) is 28.1 Å². The van der Waals surface area contributed by atoms with E-state index in [2.05, 4.69) is 5.32 Å². The minimum Gasteiger partial charge on any atom is -0.494 e. The van der Waals surface area contributed by atoms with Crippen molar-refractivity contribution in [3.05, 3.63) is 22.8 Å². The van der Waals surface area contributed by atoms with Crippen LogP contribution in [0, 0.1) is 20.8 Å². The van der Waals surface area contributed by atoms with Crippen molar-refractivity contribution in [1.82, 2.24) is 0 Å². The van der Waals surface area contributed by atoms with Crippen molar-refractivity contribution in [2.75, 3.05) is 18.3 Å². The number of amides is 1. The Morgan fingerprint density at radius 3 is 2.53 bits per heavy atom. The van der Waals surface area contributed by atoms with Crippen molar-refractivity contribution >= 4 is 23.2 Å². The predicted molar refractivity (Wildman–Crippen MR) is 71.2 cm³/mol. The van der Waals surface area contributed by atoms with Gasteiger partial charge < -0.3 is 10.1 Å². The van der Waals surface area contributed by atoms with Gasteiger partial charge in [-0.1, -0.05) is 6.07 Å². The molecule has 0 aliphatic rings. The fourth-order valence-corrected chi connectivity index (χ4v) is 1.92. The van der Waals surface area contributed by atoms with Gasteiger partial charge in [0.05, 0.1) is 12.8 Å². The summed E-state index contributed by atoms with van der Waals surface area (Å²) >= 11 is 5.54. The number of benzene rings is 1. The normalized spacial score (nSPS) is 10.2. The number of methoxy groups -OCH3 is 1. The molecule has 0 saturated carbocycles. The van der Waals surface area contributed by atoms with Crippen LogP contribution >= 0.6 is 11.6 Å². The van der Waals surface area contributed by atoms with E-state index < -0.39 is 0 Å². The maximum Gasteiger partial charge on any atom is 0.225 e. The maximum atomic E-state index is 11.6. The summed E-state index contributed by atoms with van der Waals surface area (Å²) in [4.78, 5) is 11.6. The molecule has 0 fully saturated rings. The highest BCUT2D eigenvalue weighted by Gasteiger charge is 2.14. The van der Waals surface area contributed by atoms with Gasteiger partial charge in [-0.25, -0.2) is 0 Å². The van der Waals surface area contributed by atoms with Crippen LogP contribution < -0.4 is 10.1 Å². The molecule has 0 atom stereocenters. The molecule has 94 valence electrons. The van der Waals surface area contributed by atoms with Crippen LogP contribution in [0.3, 0.4) is 0 Å². The molecule has 0 aliphatic heterocycles. The number of carbonyl (C=O) groups is 1. The molecule has 1 aromatic rings. The van der Waals surface area contributed by atoms with Crippen LogP contribution in [0.15, 0.2) is 6.07 Å². The van der Waals surface area contributed by atoms with E-state index in [-0.39, 0.29) is 5.91 Å². The van der Waals surface area contributed by atoms with Crippen molar-refractivity contribution in [1.29, 1.82) is 0 Å². The molecule has 4 heteroatoms. The zero-order valence-corrected chi connectivity index (χ0v) is 11.4. The minimum absolute atomic E-state index is 0.0929. The molecule has 1 rings (SSSR count). The van der Waals surface area contributed by atoms with Crippen molar-refractivity contribution < 1.29 is 9.53 Å². The van der Waals surface area contributed by atoms with Crippen LogP contribution in [-0.4, -0.2) is 18.9 Å². The van der Waals surface area contributed by atoms with Crippen LogP contribution in [0.4, 0.5) is 5.69 Å². The molecule has 0 radical (unpaired) electrons. The van der Waals surface area contributed by atoms with Gasteiger partial charge in [0, 0.05) is 12.3 Å². The second-order valence-corrected chi connectivity index (χ2v) is 4.41. The lowest BCUT2D eigenvalue weighted by Gasteiger charge is -2.17. The summed E-state index contributed by atoms with van der Waals surface area (Å²) in [5, 5.41) is 2.85. The van der Waals surface area contributed by atoms with Crippen LogP contribution in [0.2, 0.25) is 0 Å². The zero-order valence-electron chi connectivity index (χ0n) is 10.7. The van der Waals surface area contributed by atoms with Gasteiger partial charge in [0.15, 0.2) is 0 Å². The van der Waals surface area contributed by atoms with E-state index in [0.29, 0.717) is 12.3 Å². The average molecular weight is 256 g/mol. The van der Waals surface area contributed by atoms with Gasteiger partial charge in [-0.05, 0) is 37.5 Å². The first-order valence-electron chi connectivity index (χ1n) is 5.51. The minimum atomic E-state index is -0.0929. The largest absolute Gasteiger partial charge is 0.494 e. The Morgan fingerprint density at radius 1 is 1.35 bits per heavy atom. The second-order valence-electron chi connectivity index (χ2n) is 4.03. The monoisotopic (exact) mass is 255 g/mol. The lowest BCUT2D eigenvalue weighted by molar-refractivity contribution is -0.115. The van der Waals surface area contributed by atoms with Gasteiger partial charge in [-0.2, -0.15) is 0 Å². The molecule has 1 aromatic carbocycles. The zero-order chi connectivity index (χ0) is 13.0. The third kappa shape index (κ3) is 3.13. The highest BCUT2D eigenvalue weighted by atomic mass is 35.5. The standard InChI is InChI=1S/C13H18ClNO2/c1-8-7-9(2)12(13(17-4)10(8)3)15-11(16)5-6-14/h7H,5-6H2,1-4H3,(H,15,16). The number of nitrogens with one attached hydrogen (secondary N) is 1. The first kappa shape index (κ1) is 13.8. The lowest BCUT2D eigenvalue weighted by atomic mass is 10.0. The summed E-state index contributed by atoms with van der Waals surface area (Å²) in [6, 6.07) is 2.04. The maximum absolute atomic E-state index is 11.6. The molecule has 0 saturated heterocycles. The predicted octanol–water partition coefficient (Wildman–Crippen LogP) is 3.19. The molecule has 17 heavy (non-hydrogen) atoms. The van der Waals surface area contributed by atoms with E-state index in [1.807, 2.05) is 26.8 Å². The van der Waals surface area contributed by atoms with Crippen LogP contribution in [-0.2, 0) is 4.79 Å². The van der Waals surface area contributed by atoms with Crippen molar-refractivity contribution in [3.8, 4) is 5.75 Å². The van der Waals surface area contributed by atoms with Gasteiger partial charge in [0.1, 0.15) is 5.75 Å². The average Bonchev–Trinajstić information content (AvgIpc) is 2.27. The summed E-state index contributed by atoms with van der Waals surface area (Å²) < 4.78 is 5.37. The lowest BCUT2D eigenvalue weighted by Crippen LogP contribution is -2.14. The van der Waals surface area contributed by atoms with E-state index in [9.17, 15) is 4.79 Å². The smallest absolute Gasteiger partial charge is 0.225 e. The second kappa shape index (κ2) is 5.92. The third-order valence-electron chi connectivity index (χ3n) is 2.78. The molecule has 1 amide bonds. The molecule has 0 aliphatic carbocycles. The number of anilines is 1. The van der Waals surface area contributed by atoms with Gasteiger partial charge in [0.25, 0.3) is 0 Å². The van der Waals surface area contributed by atoms with Gasteiger partial charge in [0.2, 0.25) is 5.91 Å². The molecule has 0 heterocycles. The van der Waals surface area contributed by atoms with Crippen LogP contribution in [0.5, 0.6) is 5.75 Å².